The second-order valence-electron chi connectivity index (χ2n) is 9.73. The van der Waals surface area contributed by atoms with Gasteiger partial charge in [0, 0.05) is 36.1 Å². The van der Waals surface area contributed by atoms with Gasteiger partial charge in [0.05, 0.1) is 10.5 Å². The summed E-state index contributed by atoms with van der Waals surface area (Å²) in [4.78, 5) is 37.4. The molecule has 3 aromatic rings. The van der Waals surface area contributed by atoms with Crippen molar-refractivity contribution < 1.29 is 27.5 Å². The summed E-state index contributed by atoms with van der Waals surface area (Å²) in [5.74, 6) is -0.576. The molecule has 0 radical (unpaired) electrons. The van der Waals surface area contributed by atoms with Crippen molar-refractivity contribution in [3.05, 3.63) is 76.7 Å². The first-order valence-electron chi connectivity index (χ1n) is 11.8. The lowest BCUT2D eigenvalue weighted by Crippen LogP contribution is -2.41. The van der Waals surface area contributed by atoms with E-state index in [1.807, 2.05) is 0 Å². The van der Waals surface area contributed by atoms with Crippen LogP contribution in [0.3, 0.4) is 0 Å². The number of sulfonamides is 1. The molecule has 4 rings (SSSR count). The first-order valence-corrected chi connectivity index (χ1v) is 13.2. The van der Waals surface area contributed by atoms with E-state index < -0.39 is 39.3 Å². The number of carbonyl (C=O) groups excluding carboxylic acids is 2. The van der Waals surface area contributed by atoms with Crippen LogP contribution in [-0.2, 0) is 26.2 Å². The average molecular weight is 528 g/mol. The molecular weight excluding hydrogens is 498 g/mol. The van der Waals surface area contributed by atoms with Crippen LogP contribution in [0.4, 0.5) is 4.79 Å². The van der Waals surface area contributed by atoms with Crippen molar-refractivity contribution >= 4 is 32.9 Å². The van der Waals surface area contributed by atoms with Crippen LogP contribution >= 0.6 is 0 Å². The van der Waals surface area contributed by atoms with Gasteiger partial charge in [-0.15, -0.1) is 0 Å². The summed E-state index contributed by atoms with van der Waals surface area (Å²) < 4.78 is 40.0. The monoisotopic (exact) mass is 527 g/mol. The van der Waals surface area contributed by atoms with E-state index in [1.165, 1.54) is 39.3 Å². The SMILES string of the molecule is CC(C)(C)OC(=O)NC1CCN(S(=O)(=O)c2cccc3c(=O)n(COC(=O)c4ccccc4)ccc23)C1. The highest BCUT2D eigenvalue weighted by Crippen LogP contribution is 2.27. The van der Waals surface area contributed by atoms with Crippen LogP contribution in [0.25, 0.3) is 10.8 Å². The van der Waals surface area contributed by atoms with Crippen molar-refractivity contribution in [1.82, 2.24) is 14.2 Å². The van der Waals surface area contributed by atoms with Gasteiger partial charge >= 0.3 is 12.1 Å². The Kier molecular flexibility index (Phi) is 7.37. The molecule has 1 unspecified atom stereocenters. The van der Waals surface area contributed by atoms with E-state index >= 15 is 0 Å². The fraction of sp³-hybridized carbons (Fsp3) is 0.346. The molecule has 10 nitrogen and oxygen atoms in total. The van der Waals surface area contributed by atoms with Crippen molar-refractivity contribution in [2.24, 2.45) is 0 Å². The van der Waals surface area contributed by atoms with Gasteiger partial charge in [0.1, 0.15) is 5.60 Å². The van der Waals surface area contributed by atoms with Gasteiger partial charge in [-0.05, 0) is 57.5 Å². The van der Waals surface area contributed by atoms with Gasteiger partial charge in [-0.1, -0.05) is 24.3 Å². The highest BCUT2D eigenvalue weighted by molar-refractivity contribution is 7.89. The number of carbonyl (C=O) groups is 2. The van der Waals surface area contributed by atoms with Crippen molar-refractivity contribution in [3.63, 3.8) is 0 Å². The lowest BCUT2D eigenvalue weighted by molar-refractivity contribution is 0.0366. The number of rotatable bonds is 6. The van der Waals surface area contributed by atoms with E-state index in [0.29, 0.717) is 12.0 Å². The third kappa shape index (κ3) is 6.00. The molecule has 1 aliphatic heterocycles. The molecular formula is C26H29N3O7S. The first-order chi connectivity index (χ1) is 17.5. The zero-order chi connectivity index (χ0) is 26.8. The second kappa shape index (κ2) is 10.3. The largest absolute Gasteiger partial charge is 0.444 e. The molecule has 0 spiro atoms. The molecule has 1 atom stereocenters. The Bertz CT molecular complexity index is 1480. The Hall–Kier alpha value is -3.70. The molecule has 11 heteroatoms. The number of hydrogen-bond acceptors (Lipinski definition) is 7. The second-order valence-corrected chi connectivity index (χ2v) is 11.6. The van der Waals surface area contributed by atoms with Crippen molar-refractivity contribution in [3.8, 4) is 0 Å². The quantitative estimate of drug-likeness (QED) is 0.489. The molecule has 1 aliphatic rings. The van der Waals surface area contributed by atoms with Gasteiger partial charge in [-0.2, -0.15) is 4.31 Å². The van der Waals surface area contributed by atoms with Crippen LogP contribution in [0.2, 0.25) is 0 Å². The van der Waals surface area contributed by atoms with Crippen LogP contribution in [-0.4, -0.2) is 54.1 Å². The van der Waals surface area contributed by atoms with E-state index in [-0.39, 0.29) is 35.5 Å². The molecule has 0 bridgehead atoms. The molecule has 1 saturated heterocycles. The topological polar surface area (TPSA) is 124 Å². The zero-order valence-corrected chi connectivity index (χ0v) is 21.7. The first kappa shape index (κ1) is 26.4. The van der Waals surface area contributed by atoms with E-state index in [4.69, 9.17) is 9.47 Å². The van der Waals surface area contributed by atoms with E-state index in [2.05, 4.69) is 5.32 Å². The summed E-state index contributed by atoms with van der Waals surface area (Å²) in [5.41, 5.74) is -0.791. The standard InChI is InChI=1S/C26H29N3O7S/c1-26(2,3)36-25(32)27-19-12-15-29(16-19)37(33,34)22-11-7-10-21-20(22)13-14-28(23(21)30)17-35-24(31)18-8-5-4-6-9-18/h4-11,13-14,19H,12,15-17H2,1-3H3,(H,27,32). The van der Waals surface area contributed by atoms with Gasteiger partial charge in [0.15, 0.2) is 6.73 Å². The number of aromatic nitrogens is 1. The van der Waals surface area contributed by atoms with Gasteiger partial charge in [-0.25, -0.2) is 18.0 Å². The summed E-state index contributed by atoms with van der Waals surface area (Å²) in [6.45, 7) is 5.24. The van der Waals surface area contributed by atoms with Crippen LogP contribution < -0.4 is 10.9 Å². The van der Waals surface area contributed by atoms with Crippen molar-refractivity contribution in [2.45, 2.75) is 50.5 Å². The molecule has 0 aliphatic carbocycles. The van der Waals surface area contributed by atoms with Gasteiger partial charge < -0.3 is 14.8 Å². The van der Waals surface area contributed by atoms with Crippen molar-refractivity contribution in [2.75, 3.05) is 13.1 Å². The smallest absolute Gasteiger partial charge is 0.407 e. The fourth-order valence-electron chi connectivity index (χ4n) is 4.08. The maximum atomic E-state index is 13.5. The van der Waals surface area contributed by atoms with Crippen LogP contribution in [0.5, 0.6) is 0 Å². The number of esters is 1. The lowest BCUT2D eigenvalue weighted by Gasteiger charge is -2.22. The van der Waals surface area contributed by atoms with Gasteiger partial charge in [0.2, 0.25) is 10.0 Å². The Balaban J connectivity index is 1.52. The fourth-order valence-corrected chi connectivity index (χ4v) is 5.79. The minimum atomic E-state index is -3.95. The summed E-state index contributed by atoms with van der Waals surface area (Å²) in [5, 5.41) is 3.16. The zero-order valence-electron chi connectivity index (χ0n) is 20.8. The number of pyridine rings is 1. The molecule has 1 amide bonds. The van der Waals surface area contributed by atoms with E-state index in [9.17, 15) is 22.8 Å². The molecule has 37 heavy (non-hydrogen) atoms. The molecule has 1 N–H and O–H groups in total. The predicted octanol–water partition coefficient (Wildman–Crippen LogP) is 3.10. The maximum absolute atomic E-state index is 13.5. The number of benzene rings is 2. The maximum Gasteiger partial charge on any atom is 0.407 e. The van der Waals surface area contributed by atoms with Gasteiger partial charge in [-0.3, -0.25) is 9.36 Å². The van der Waals surface area contributed by atoms with Gasteiger partial charge in [0.25, 0.3) is 5.56 Å². The minimum Gasteiger partial charge on any atom is -0.444 e. The summed E-state index contributed by atoms with van der Waals surface area (Å²) >= 11 is 0. The number of nitrogens with zero attached hydrogens (tertiary/aromatic N) is 2. The Morgan fingerprint density at radius 1 is 1.03 bits per heavy atom. The summed E-state index contributed by atoms with van der Waals surface area (Å²) in [6, 6.07) is 14.0. The number of alkyl carbamates (subject to hydrolysis) is 1. The normalized spacial score (nSPS) is 16.5. The van der Waals surface area contributed by atoms with Crippen molar-refractivity contribution in [1.29, 1.82) is 0 Å². The lowest BCUT2D eigenvalue weighted by atomic mass is 10.2. The molecule has 1 fully saturated rings. The summed E-state index contributed by atoms with van der Waals surface area (Å²) in [7, 11) is -3.95. The van der Waals surface area contributed by atoms with E-state index in [1.54, 1.807) is 51.1 Å². The number of amides is 1. The molecule has 1 aromatic heterocycles. The Labute approximate surface area is 214 Å². The summed E-state index contributed by atoms with van der Waals surface area (Å²) in [6.07, 6.45) is 1.23. The van der Waals surface area contributed by atoms with Crippen LogP contribution in [0, 0.1) is 0 Å². The molecule has 2 aromatic carbocycles. The third-order valence-electron chi connectivity index (χ3n) is 5.81. The highest BCUT2D eigenvalue weighted by Gasteiger charge is 2.35. The molecule has 0 saturated carbocycles. The Morgan fingerprint density at radius 2 is 1.76 bits per heavy atom. The van der Waals surface area contributed by atoms with E-state index in [0.717, 1.165) is 0 Å². The number of fused-ring (bicyclic) bond motifs is 1. The third-order valence-corrected chi connectivity index (χ3v) is 7.74. The minimum absolute atomic E-state index is 0.00607. The molecule has 196 valence electrons. The number of nitrogens with one attached hydrogen (secondary N) is 1. The van der Waals surface area contributed by atoms with Crippen LogP contribution in [0.1, 0.15) is 37.6 Å². The Morgan fingerprint density at radius 3 is 2.46 bits per heavy atom. The highest BCUT2D eigenvalue weighted by atomic mass is 32.2. The number of hydrogen-bond donors (Lipinski definition) is 1. The van der Waals surface area contributed by atoms with Crippen LogP contribution in [0.15, 0.2) is 70.5 Å². The predicted molar refractivity (Wildman–Crippen MR) is 137 cm³/mol. The average Bonchev–Trinajstić information content (AvgIpc) is 3.31. The molecule has 2 heterocycles. The number of ether oxygens (including phenoxy) is 2.